The van der Waals surface area contributed by atoms with Crippen LogP contribution in [0.15, 0.2) is 35.7 Å². The van der Waals surface area contributed by atoms with Crippen LogP contribution in [-0.4, -0.2) is 7.11 Å². The molecule has 0 amide bonds. The van der Waals surface area contributed by atoms with Gasteiger partial charge in [-0.2, -0.15) is 0 Å². The van der Waals surface area contributed by atoms with Crippen LogP contribution in [0.5, 0.6) is 5.75 Å². The molecular formula is C16H19ClOS. The lowest BCUT2D eigenvalue weighted by atomic mass is 9.97. The number of hydrogen-bond acceptors (Lipinski definition) is 2. The fourth-order valence-electron chi connectivity index (χ4n) is 2.04. The van der Waals surface area contributed by atoms with Crippen LogP contribution in [0.25, 0.3) is 0 Å². The standard InChI is InChI=1S/C16H19ClOS/c1-4-11(2)12-5-7-13(8-6-12)15(17)16-14(18-3)9-10-19-16/h5-11,15H,4H2,1-3H3. The predicted molar refractivity (Wildman–Crippen MR) is 83.7 cm³/mol. The second-order valence-electron chi connectivity index (χ2n) is 4.69. The molecule has 0 bridgehead atoms. The van der Waals surface area contributed by atoms with Crippen LogP contribution in [0, 0.1) is 0 Å². The second-order valence-corrected chi connectivity index (χ2v) is 6.08. The van der Waals surface area contributed by atoms with E-state index in [1.165, 1.54) is 5.56 Å². The Balaban J connectivity index is 2.22. The molecule has 2 aromatic rings. The highest BCUT2D eigenvalue weighted by Gasteiger charge is 2.17. The Bertz CT molecular complexity index is 518. The minimum atomic E-state index is -0.138. The quantitative estimate of drug-likeness (QED) is 0.652. The second kappa shape index (κ2) is 6.44. The minimum absolute atomic E-state index is 0.138. The number of ether oxygens (including phenoxy) is 1. The van der Waals surface area contributed by atoms with Gasteiger partial charge in [-0.25, -0.2) is 0 Å². The molecule has 0 saturated carbocycles. The average Bonchev–Trinajstić information content (AvgIpc) is 2.94. The van der Waals surface area contributed by atoms with Gasteiger partial charge in [-0.15, -0.1) is 22.9 Å². The highest BCUT2D eigenvalue weighted by Crippen LogP contribution is 2.39. The van der Waals surface area contributed by atoms with Crippen molar-refractivity contribution in [3.63, 3.8) is 0 Å². The van der Waals surface area contributed by atoms with Gasteiger partial charge in [0.15, 0.2) is 0 Å². The van der Waals surface area contributed by atoms with Gasteiger partial charge in [0.05, 0.1) is 17.4 Å². The zero-order valence-corrected chi connectivity index (χ0v) is 13.1. The summed E-state index contributed by atoms with van der Waals surface area (Å²) < 4.78 is 5.33. The summed E-state index contributed by atoms with van der Waals surface area (Å²) in [6.45, 7) is 4.45. The molecule has 1 aromatic carbocycles. The van der Waals surface area contributed by atoms with Gasteiger partial charge >= 0.3 is 0 Å². The summed E-state index contributed by atoms with van der Waals surface area (Å²) in [5, 5.41) is 1.87. The summed E-state index contributed by atoms with van der Waals surface area (Å²) in [6.07, 6.45) is 1.16. The zero-order valence-electron chi connectivity index (χ0n) is 11.5. The van der Waals surface area contributed by atoms with E-state index >= 15 is 0 Å². The molecule has 2 unspecified atom stereocenters. The smallest absolute Gasteiger partial charge is 0.134 e. The molecular weight excluding hydrogens is 276 g/mol. The fraction of sp³-hybridized carbons (Fsp3) is 0.375. The summed E-state index contributed by atoms with van der Waals surface area (Å²) in [5.41, 5.74) is 2.49. The van der Waals surface area contributed by atoms with E-state index < -0.39 is 0 Å². The summed E-state index contributed by atoms with van der Waals surface area (Å²) >= 11 is 8.19. The fourth-order valence-corrected chi connectivity index (χ4v) is 3.31. The molecule has 0 spiro atoms. The van der Waals surface area contributed by atoms with E-state index in [0.29, 0.717) is 5.92 Å². The molecule has 0 aliphatic carbocycles. The molecule has 1 heterocycles. The molecule has 1 nitrogen and oxygen atoms in total. The third-order valence-electron chi connectivity index (χ3n) is 3.52. The zero-order chi connectivity index (χ0) is 13.8. The number of methoxy groups -OCH3 is 1. The Labute approximate surface area is 124 Å². The van der Waals surface area contributed by atoms with Gasteiger partial charge in [0, 0.05) is 0 Å². The third kappa shape index (κ3) is 3.13. The van der Waals surface area contributed by atoms with Crippen molar-refractivity contribution in [1.82, 2.24) is 0 Å². The number of thiophene rings is 1. The Morgan fingerprint density at radius 2 is 1.79 bits per heavy atom. The summed E-state index contributed by atoms with van der Waals surface area (Å²) in [7, 11) is 1.68. The first-order chi connectivity index (χ1) is 9.17. The van der Waals surface area contributed by atoms with E-state index in [2.05, 4.69) is 38.1 Å². The number of rotatable bonds is 5. The van der Waals surface area contributed by atoms with Crippen LogP contribution < -0.4 is 4.74 Å². The number of benzene rings is 1. The van der Waals surface area contributed by atoms with Crippen LogP contribution in [0.1, 0.15) is 47.6 Å². The minimum Gasteiger partial charge on any atom is -0.496 e. The predicted octanol–water partition coefficient (Wildman–Crippen LogP) is 5.60. The third-order valence-corrected chi connectivity index (χ3v) is 5.08. The largest absolute Gasteiger partial charge is 0.496 e. The van der Waals surface area contributed by atoms with E-state index in [-0.39, 0.29) is 5.38 Å². The lowest BCUT2D eigenvalue weighted by Gasteiger charge is -2.13. The van der Waals surface area contributed by atoms with E-state index in [0.717, 1.165) is 22.6 Å². The molecule has 0 aliphatic heterocycles. The maximum Gasteiger partial charge on any atom is 0.134 e. The molecule has 1 aromatic heterocycles. The SMILES string of the molecule is CCC(C)c1ccc(C(Cl)c2sccc2OC)cc1. The topological polar surface area (TPSA) is 9.23 Å². The van der Waals surface area contributed by atoms with E-state index in [1.54, 1.807) is 18.4 Å². The molecule has 0 fully saturated rings. The molecule has 102 valence electrons. The van der Waals surface area contributed by atoms with Gasteiger partial charge in [0.25, 0.3) is 0 Å². The van der Waals surface area contributed by atoms with Gasteiger partial charge in [-0.05, 0) is 34.9 Å². The van der Waals surface area contributed by atoms with E-state index in [9.17, 15) is 0 Å². The van der Waals surface area contributed by atoms with Gasteiger partial charge in [-0.1, -0.05) is 38.1 Å². The van der Waals surface area contributed by atoms with Crippen molar-refractivity contribution in [3.05, 3.63) is 51.7 Å². The van der Waals surface area contributed by atoms with Crippen LogP contribution in [0.3, 0.4) is 0 Å². The lowest BCUT2D eigenvalue weighted by molar-refractivity contribution is 0.413. The van der Waals surface area contributed by atoms with Gasteiger partial charge < -0.3 is 4.74 Å². The molecule has 2 atom stereocenters. The Morgan fingerprint density at radius 1 is 1.16 bits per heavy atom. The van der Waals surface area contributed by atoms with Crippen molar-refractivity contribution in [3.8, 4) is 5.75 Å². The average molecular weight is 295 g/mol. The van der Waals surface area contributed by atoms with Crippen LogP contribution in [0.4, 0.5) is 0 Å². The van der Waals surface area contributed by atoms with E-state index in [4.69, 9.17) is 16.3 Å². The summed E-state index contributed by atoms with van der Waals surface area (Å²) in [4.78, 5) is 1.07. The summed E-state index contributed by atoms with van der Waals surface area (Å²) in [6, 6.07) is 10.6. The maximum atomic E-state index is 6.55. The molecule has 0 radical (unpaired) electrons. The van der Waals surface area contributed by atoms with Crippen molar-refractivity contribution in [1.29, 1.82) is 0 Å². The van der Waals surface area contributed by atoms with Gasteiger partial charge in [0.2, 0.25) is 0 Å². The highest BCUT2D eigenvalue weighted by atomic mass is 35.5. The van der Waals surface area contributed by atoms with Crippen molar-refractivity contribution in [2.75, 3.05) is 7.11 Å². The van der Waals surface area contributed by atoms with Crippen LogP contribution in [-0.2, 0) is 0 Å². The summed E-state index contributed by atoms with van der Waals surface area (Å²) in [5.74, 6) is 1.47. The Morgan fingerprint density at radius 3 is 2.37 bits per heavy atom. The van der Waals surface area contributed by atoms with E-state index in [1.807, 2.05) is 11.4 Å². The van der Waals surface area contributed by atoms with Crippen LogP contribution >= 0.6 is 22.9 Å². The lowest BCUT2D eigenvalue weighted by Crippen LogP contribution is -1.96. The first-order valence-electron chi connectivity index (χ1n) is 6.52. The maximum absolute atomic E-state index is 6.55. The van der Waals surface area contributed by atoms with Crippen molar-refractivity contribution in [2.45, 2.75) is 31.6 Å². The van der Waals surface area contributed by atoms with Gasteiger partial charge in [-0.3, -0.25) is 0 Å². The molecule has 0 N–H and O–H groups in total. The molecule has 0 saturated heterocycles. The molecule has 3 heteroatoms. The van der Waals surface area contributed by atoms with Crippen molar-refractivity contribution in [2.24, 2.45) is 0 Å². The Kier molecular flexibility index (Phi) is 4.89. The molecule has 19 heavy (non-hydrogen) atoms. The first-order valence-corrected chi connectivity index (χ1v) is 7.84. The number of hydrogen-bond donors (Lipinski definition) is 0. The van der Waals surface area contributed by atoms with Crippen molar-refractivity contribution < 1.29 is 4.74 Å². The first kappa shape index (κ1) is 14.4. The highest BCUT2D eigenvalue weighted by molar-refractivity contribution is 7.10. The Hall–Kier alpha value is -0.990. The van der Waals surface area contributed by atoms with Crippen LogP contribution in [0.2, 0.25) is 0 Å². The molecule has 2 rings (SSSR count). The number of halogens is 1. The molecule has 0 aliphatic rings. The van der Waals surface area contributed by atoms with Gasteiger partial charge in [0.1, 0.15) is 5.75 Å². The monoisotopic (exact) mass is 294 g/mol. The van der Waals surface area contributed by atoms with Crippen molar-refractivity contribution >= 4 is 22.9 Å². The number of alkyl halides is 1. The normalized spacial score (nSPS) is 14.1.